The molecule has 1 fully saturated rings. The summed E-state index contributed by atoms with van der Waals surface area (Å²) in [6.45, 7) is 5.11. The van der Waals surface area contributed by atoms with E-state index in [-0.39, 0.29) is 19.1 Å². The molecule has 1 amide bonds. The number of benzene rings is 1. The summed E-state index contributed by atoms with van der Waals surface area (Å²) in [4.78, 5) is 37.0. The van der Waals surface area contributed by atoms with Gasteiger partial charge in [-0.2, -0.15) is 0 Å². The third kappa shape index (κ3) is 8.31. The SMILES string of the molecule is COc1ccc(COC(=O)[C@@H](CC(=O)OC2CCCC2)NC(=O)OC(C)(C)C)cc1. The number of amides is 1. The summed E-state index contributed by atoms with van der Waals surface area (Å²) in [7, 11) is 1.56. The average molecular weight is 421 g/mol. The fourth-order valence-electron chi connectivity index (χ4n) is 3.03. The maximum absolute atomic E-state index is 12.6. The first-order chi connectivity index (χ1) is 14.2. The van der Waals surface area contributed by atoms with Crippen molar-refractivity contribution in [2.75, 3.05) is 7.11 Å². The van der Waals surface area contributed by atoms with Crippen molar-refractivity contribution in [2.45, 2.75) is 77.2 Å². The fraction of sp³-hybridized carbons (Fsp3) is 0.591. The molecule has 1 aliphatic rings. The van der Waals surface area contributed by atoms with Crippen LogP contribution in [0.15, 0.2) is 24.3 Å². The lowest BCUT2D eigenvalue weighted by Gasteiger charge is -2.23. The zero-order chi connectivity index (χ0) is 22.1. The van der Waals surface area contributed by atoms with Gasteiger partial charge in [0.15, 0.2) is 0 Å². The number of alkyl carbamates (subject to hydrolysis) is 1. The highest BCUT2D eigenvalue weighted by molar-refractivity contribution is 5.86. The van der Waals surface area contributed by atoms with Crippen molar-refractivity contribution in [3.8, 4) is 5.75 Å². The number of esters is 2. The third-order valence-corrected chi connectivity index (χ3v) is 4.49. The van der Waals surface area contributed by atoms with E-state index in [1.165, 1.54) is 0 Å². The molecule has 0 saturated heterocycles. The lowest BCUT2D eigenvalue weighted by Crippen LogP contribution is -2.45. The first-order valence-corrected chi connectivity index (χ1v) is 10.1. The Morgan fingerprint density at radius 1 is 1.10 bits per heavy atom. The molecule has 166 valence electrons. The minimum Gasteiger partial charge on any atom is -0.497 e. The Hall–Kier alpha value is -2.77. The van der Waals surface area contributed by atoms with Gasteiger partial charge in [0.05, 0.1) is 13.5 Å². The lowest BCUT2D eigenvalue weighted by molar-refractivity contribution is -0.156. The zero-order valence-corrected chi connectivity index (χ0v) is 18.1. The molecule has 0 aromatic heterocycles. The second kappa shape index (κ2) is 10.8. The topological polar surface area (TPSA) is 100 Å². The molecule has 8 heteroatoms. The maximum Gasteiger partial charge on any atom is 0.408 e. The van der Waals surface area contributed by atoms with Crippen LogP contribution in [-0.2, 0) is 30.4 Å². The van der Waals surface area contributed by atoms with Crippen LogP contribution < -0.4 is 10.1 Å². The standard InChI is InChI=1S/C22H31NO7/c1-22(2,3)30-21(26)23-18(13-19(24)29-17-7-5-6-8-17)20(25)28-14-15-9-11-16(27-4)12-10-15/h9-12,17-18H,5-8,13-14H2,1-4H3,(H,23,26)/t18-/m1/s1. The molecule has 0 bridgehead atoms. The molecule has 1 aliphatic carbocycles. The van der Waals surface area contributed by atoms with Gasteiger partial charge >= 0.3 is 18.0 Å². The van der Waals surface area contributed by atoms with Gasteiger partial charge in [-0.15, -0.1) is 0 Å². The van der Waals surface area contributed by atoms with Crippen LogP contribution >= 0.6 is 0 Å². The van der Waals surface area contributed by atoms with Gasteiger partial charge in [0.1, 0.15) is 30.1 Å². The molecule has 1 N–H and O–H groups in total. The molecule has 0 aliphatic heterocycles. The molecule has 1 saturated carbocycles. The Morgan fingerprint density at radius 3 is 2.30 bits per heavy atom. The summed E-state index contributed by atoms with van der Waals surface area (Å²) in [6.07, 6.45) is 2.41. The van der Waals surface area contributed by atoms with E-state index in [1.54, 1.807) is 52.1 Å². The largest absolute Gasteiger partial charge is 0.497 e. The summed E-state index contributed by atoms with van der Waals surface area (Å²) in [6, 6.07) is 5.82. The Balaban J connectivity index is 1.97. The van der Waals surface area contributed by atoms with Crippen molar-refractivity contribution < 1.29 is 33.3 Å². The highest BCUT2D eigenvalue weighted by Crippen LogP contribution is 2.21. The zero-order valence-electron chi connectivity index (χ0n) is 18.1. The van der Waals surface area contributed by atoms with Crippen LogP contribution in [-0.4, -0.2) is 42.9 Å². The third-order valence-electron chi connectivity index (χ3n) is 4.49. The van der Waals surface area contributed by atoms with Crippen molar-refractivity contribution in [1.29, 1.82) is 0 Å². The predicted octanol–water partition coefficient (Wildman–Crippen LogP) is 3.51. The van der Waals surface area contributed by atoms with Gasteiger partial charge in [-0.05, 0) is 64.2 Å². The van der Waals surface area contributed by atoms with E-state index < -0.39 is 29.7 Å². The van der Waals surface area contributed by atoms with Gasteiger partial charge in [-0.1, -0.05) is 12.1 Å². The van der Waals surface area contributed by atoms with E-state index in [9.17, 15) is 14.4 Å². The van der Waals surface area contributed by atoms with Crippen LogP contribution in [0.25, 0.3) is 0 Å². The normalized spacial score (nSPS) is 15.2. The highest BCUT2D eigenvalue weighted by atomic mass is 16.6. The highest BCUT2D eigenvalue weighted by Gasteiger charge is 2.30. The quantitative estimate of drug-likeness (QED) is 0.506. The molecule has 0 spiro atoms. The second-order valence-corrected chi connectivity index (χ2v) is 8.26. The second-order valence-electron chi connectivity index (χ2n) is 8.26. The van der Waals surface area contributed by atoms with Crippen LogP contribution in [0.1, 0.15) is 58.4 Å². The van der Waals surface area contributed by atoms with Gasteiger partial charge < -0.3 is 24.3 Å². The van der Waals surface area contributed by atoms with E-state index in [0.29, 0.717) is 5.75 Å². The Kier molecular flexibility index (Phi) is 8.50. The van der Waals surface area contributed by atoms with Crippen LogP contribution in [0.5, 0.6) is 5.75 Å². The monoisotopic (exact) mass is 421 g/mol. The molecule has 0 heterocycles. The number of carbonyl (C=O) groups excluding carboxylic acids is 3. The molecule has 1 atom stereocenters. The number of hydrogen-bond acceptors (Lipinski definition) is 7. The first kappa shape index (κ1) is 23.5. The van der Waals surface area contributed by atoms with E-state index in [1.807, 2.05) is 0 Å². The molecular weight excluding hydrogens is 390 g/mol. The number of carbonyl (C=O) groups is 3. The van der Waals surface area contributed by atoms with Crippen molar-refractivity contribution in [1.82, 2.24) is 5.32 Å². The number of nitrogens with one attached hydrogen (secondary N) is 1. The molecule has 0 radical (unpaired) electrons. The van der Waals surface area contributed by atoms with E-state index in [0.717, 1.165) is 31.2 Å². The predicted molar refractivity (Wildman–Crippen MR) is 109 cm³/mol. The van der Waals surface area contributed by atoms with Crippen LogP contribution in [0.3, 0.4) is 0 Å². The summed E-state index contributed by atoms with van der Waals surface area (Å²) < 4.78 is 21.0. The molecule has 30 heavy (non-hydrogen) atoms. The Morgan fingerprint density at radius 2 is 1.73 bits per heavy atom. The molecule has 8 nitrogen and oxygen atoms in total. The van der Waals surface area contributed by atoms with Gasteiger partial charge in [-0.25, -0.2) is 9.59 Å². The number of methoxy groups -OCH3 is 1. The number of hydrogen-bond donors (Lipinski definition) is 1. The minimum absolute atomic E-state index is 0.00695. The summed E-state index contributed by atoms with van der Waals surface area (Å²) in [5.74, 6) is -0.603. The van der Waals surface area contributed by atoms with E-state index in [4.69, 9.17) is 18.9 Å². The average Bonchev–Trinajstić information content (AvgIpc) is 3.17. The Labute approximate surface area is 177 Å². The van der Waals surface area contributed by atoms with Gasteiger partial charge in [0.2, 0.25) is 0 Å². The smallest absolute Gasteiger partial charge is 0.408 e. The van der Waals surface area contributed by atoms with E-state index >= 15 is 0 Å². The molecule has 1 aromatic carbocycles. The minimum atomic E-state index is -1.20. The number of rotatable bonds is 8. The van der Waals surface area contributed by atoms with Gasteiger partial charge in [0.25, 0.3) is 0 Å². The summed E-state index contributed by atoms with van der Waals surface area (Å²) >= 11 is 0. The molecule has 2 rings (SSSR count). The van der Waals surface area contributed by atoms with Crippen LogP contribution in [0.2, 0.25) is 0 Å². The Bertz CT molecular complexity index is 718. The lowest BCUT2D eigenvalue weighted by atomic mass is 10.2. The van der Waals surface area contributed by atoms with Gasteiger partial charge in [-0.3, -0.25) is 4.79 Å². The van der Waals surface area contributed by atoms with Crippen molar-refractivity contribution in [3.05, 3.63) is 29.8 Å². The van der Waals surface area contributed by atoms with Crippen molar-refractivity contribution in [2.24, 2.45) is 0 Å². The van der Waals surface area contributed by atoms with E-state index in [2.05, 4.69) is 5.32 Å². The van der Waals surface area contributed by atoms with Gasteiger partial charge in [0, 0.05) is 0 Å². The van der Waals surface area contributed by atoms with Crippen molar-refractivity contribution in [3.63, 3.8) is 0 Å². The molecule has 1 aromatic rings. The maximum atomic E-state index is 12.6. The summed E-state index contributed by atoms with van der Waals surface area (Å²) in [5.41, 5.74) is 0.000108. The molecular formula is C22H31NO7. The molecule has 0 unspecified atom stereocenters. The van der Waals surface area contributed by atoms with Crippen molar-refractivity contribution >= 4 is 18.0 Å². The van der Waals surface area contributed by atoms with Crippen LogP contribution in [0, 0.1) is 0 Å². The fourth-order valence-corrected chi connectivity index (χ4v) is 3.03. The van der Waals surface area contributed by atoms with Crippen LogP contribution in [0.4, 0.5) is 4.79 Å². The number of ether oxygens (including phenoxy) is 4. The first-order valence-electron chi connectivity index (χ1n) is 10.1. The summed E-state index contributed by atoms with van der Waals surface area (Å²) in [5, 5.41) is 2.43.